The van der Waals surface area contributed by atoms with Crippen LogP contribution in [-0.2, 0) is 33.2 Å². The third-order valence-corrected chi connectivity index (χ3v) is 11.8. The van der Waals surface area contributed by atoms with Crippen LogP contribution in [0.25, 0.3) is 0 Å². The summed E-state index contributed by atoms with van der Waals surface area (Å²) in [6.45, 7) is 18.0. The Morgan fingerprint density at radius 3 is 0.762 bits per heavy atom. The monoisotopic (exact) mass is 895 g/mol. The van der Waals surface area contributed by atoms with Crippen molar-refractivity contribution in [1.82, 2.24) is 0 Å². The molecule has 0 bridgehead atoms. The van der Waals surface area contributed by atoms with Gasteiger partial charge in [-0.25, -0.2) is 0 Å². The van der Waals surface area contributed by atoms with Crippen LogP contribution in [-0.4, -0.2) is 64.8 Å². The maximum absolute atomic E-state index is 6.68. The number of unbranched alkanes of at least 4 members (excludes halogenated alkanes) is 26. The second-order valence-electron chi connectivity index (χ2n) is 18.2. The molecule has 7 nitrogen and oxygen atoms in total. The highest BCUT2D eigenvalue weighted by Crippen LogP contribution is 2.17. The Hall–Kier alpha value is -0.800. The summed E-state index contributed by atoms with van der Waals surface area (Å²) in [5.74, 6) is 0. The van der Waals surface area contributed by atoms with E-state index in [1.54, 1.807) is 0 Å². The highest BCUT2D eigenvalue weighted by molar-refractivity contribution is 4.90. The number of ether oxygens (including phenoxy) is 7. The summed E-state index contributed by atoms with van der Waals surface area (Å²) >= 11 is 0. The minimum absolute atomic E-state index is 0.175. The molecule has 7 heteroatoms. The summed E-state index contributed by atoms with van der Waals surface area (Å²) in [6.07, 6.45) is 50.1. The molecule has 0 amide bonds. The molecule has 0 saturated heterocycles. The molecule has 0 aromatic heterocycles. The molecular weight excluding hydrogens is 785 g/mol. The van der Waals surface area contributed by atoms with Crippen LogP contribution < -0.4 is 0 Å². The smallest absolute Gasteiger partial charge is 0.180 e. The minimum Gasteiger partial charge on any atom is -0.353 e. The first-order valence-corrected chi connectivity index (χ1v) is 27.8. The zero-order chi connectivity index (χ0) is 45.8. The van der Waals surface area contributed by atoms with Crippen LogP contribution in [0.1, 0.15) is 273 Å². The molecular formula is C56H110O7. The van der Waals surface area contributed by atoms with Crippen LogP contribution >= 0.6 is 0 Å². The molecule has 0 aromatic carbocycles. The fourth-order valence-electron chi connectivity index (χ4n) is 7.57. The fourth-order valence-corrected chi connectivity index (χ4v) is 7.57. The number of hydrogen-bond donors (Lipinski definition) is 0. The predicted molar refractivity (Wildman–Crippen MR) is 270 cm³/mol. The molecule has 0 radical (unpaired) electrons. The van der Waals surface area contributed by atoms with Gasteiger partial charge in [-0.3, -0.25) is 0 Å². The van der Waals surface area contributed by atoms with Gasteiger partial charge in [0.25, 0.3) is 0 Å². The first-order chi connectivity index (χ1) is 31.1. The topological polar surface area (TPSA) is 64.6 Å². The predicted octanol–water partition coefficient (Wildman–Crippen LogP) is 17.7. The number of hydrogen-bond acceptors (Lipinski definition) is 7. The molecule has 0 saturated carbocycles. The van der Waals surface area contributed by atoms with E-state index < -0.39 is 12.6 Å². The van der Waals surface area contributed by atoms with Crippen LogP contribution in [0.5, 0.6) is 0 Å². The van der Waals surface area contributed by atoms with Crippen LogP contribution in [0, 0.1) is 0 Å². The van der Waals surface area contributed by atoms with E-state index in [-0.39, 0.29) is 12.6 Å². The molecule has 0 aliphatic rings. The van der Waals surface area contributed by atoms with E-state index in [0.717, 1.165) is 90.6 Å². The van der Waals surface area contributed by atoms with Crippen molar-refractivity contribution in [2.45, 2.75) is 298 Å². The fraction of sp³-hybridized carbons (Fsp3) is 0.929. The van der Waals surface area contributed by atoms with Gasteiger partial charge in [0.1, 0.15) is 0 Å². The van der Waals surface area contributed by atoms with E-state index in [1.807, 2.05) is 0 Å². The first-order valence-electron chi connectivity index (χ1n) is 27.8. The van der Waals surface area contributed by atoms with Crippen LogP contribution in [0.3, 0.4) is 0 Å². The number of allylic oxidation sites excluding steroid dienone is 2. The summed E-state index contributed by atoms with van der Waals surface area (Å²) in [5, 5.41) is 0. The Morgan fingerprint density at radius 1 is 0.270 bits per heavy atom. The SMILES string of the molecule is CCCCCCCCCCOC(C=CCCC(OCCCCCC)OCCCCCC)OC(C=CCCC(OCCCCCC)OCCCCCC)OCCCCCCCCCC. The lowest BCUT2D eigenvalue weighted by atomic mass is 10.1. The van der Waals surface area contributed by atoms with Gasteiger partial charge in [-0.1, -0.05) is 221 Å². The molecule has 0 spiro atoms. The summed E-state index contributed by atoms with van der Waals surface area (Å²) in [7, 11) is 0. The van der Waals surface area contributed by atoms with E-state index >= 15 is 0 Å². The third kappa shape index (κ3) is 47.5. The maximum Gasteiger partial charge on any atom is 0.180 e. The van der Waals surface area contributed by atoms with Crippen molar-refractivity contribution in [2.24, 2.45) is 0 Å². The van der Waals surface area contributed by atoms with Crippen LogP contribution in [0.15, 0.2) is 24.3 Å². The normalized spacial score (nSPS) is 13.2. The van der Waals surface area contributed by atoms with Gasteiger partial charge < -0.3 is 33.2 Å². The van der Waals surface area contributed by atoms with E-state index in [0.29, 0.717) is 13.2 Å². The molecule has 0 fully saturated rings. The molecule has 0 heterocycles. The Bertz CT molecular complexity index is 799. The molecule has 0 aliphatic heterocycles. The molecule has 2 atom stereocenters. The summed E-state index contributed by atoms with van der Waals surface area (Å²) in [4.78, 5) is 0. The Kier molecular flexibility index (Phi) is 53.1. The van der Waals surface area contributed by atoms with Crippen molar-refractivity contribution in [2.75, 3.05) is 39.6 Å². The third-order valence-electron chi connectivity index (χ3n) is 11.8. The van der Waals surface area contributed by atoms with Crippen molar-refractivity contribution >= 4 is 0 Å². The standard InChI is InChI=1S/C56H110O7/c1-7-13-19-25-27-29-31-41-51-61-55(45-35-33-43-53(57-47-37-21-15-9-3)58-48-38-22-16-10-4)63-56(62-52-42-32-30-28-26-20-14-8-2)46-36-34-44-54(59-49-39-23-17-11-5)60-50-40-24-18-12-6/h35-36,45-46,53-56H,7-34,37-44,47-52H2,1-6H3. The van der Waals surface area contributed by atoms with E-state index in [9.17, 15) is 0 Å². The van der Waals surface area contributed by atoms with E-state index in [2.05, 4.69) is 65.8 Å². The van der Waals surface area contributed by atoms with Gasteiger partial charge in [-0.15, -0.1) is 0 Å². The summed E-state index contributed by atoms with van der Waals surface area (Å²) < 4.78 is 44.8. The van der Waals surface area contributed by atoms with Gasteiger partial charge in [0, 0.05) is 39.3 Å². The van der Waals surface area contributed by atoms with E-state index in [4.69, 9.17) is 33.2 Å². The second-order valence-corrected chi connectivity index (χ2v) is 18.2. The highest BCUT2D eigenvalue weighted by atomic mass is 16.8. The zero-order valence-corrected chi connectivity index (χ0v) is 43.2. The lowest BCUT2D eigenvalue weighted by Gasteiger charge is -2.22. The Balaban J connectivity index is 5.76. The van der Waals surface area contributed by atoms with Crippen molar-refractivity contribution in [1.29, 1.82) is 0 Å². The molecule has 2 unspecified atom stereocenters. The lowest BCUT2D eigenvalue weighted by molar-refractivity contribution is -0.208. The molecule has 0 aliphatic carbocycles. The van der Waals surface area contributed by atoms with Crippen molar-refractivity contribution in [3.05, 3.63) is 24.3 Å². The van der Waals surface area contributed by atoms with Crippen molar-refractivity contribution in [3.63, 3.8) is 0 Å². The van der Waals surface area contributed by atoms with Gasteiger partial charge in [-0.2, -0.15) is 0 Å². The maximum atomic E-state index is 6.68. The van der Waals surface area contributed by atoms with Gasteiger partial charge in [0.05, 0.1) is 13.2 Å². The average molecular weight is 895 g/mol. The summed E-state index contributed by atoms with van der Waals surface area (Å²) in [6, 6.07) is 0. The quantitative estimate of drug-likeness (QED) is 0.0342. The van der Waals surface area contributed by atoms with Gasteiger partial charge in [-0.05, 0) is 63.5 Å². The second kappa shape index (κ2) is 53.8. The minimum atomic E-state index is -0.489. The molecule has 63 heavy (non-hydrogen) atoms. The summed E-state index contributed by atoms with van der Waals surface area (Å²) in [5.41, 5.74) is 0. The van der Waals surface area contributed by atoms with Crippen molar-refractivity contribution < 1.29 is 33.2 Å². The van der Waals surface area contributed by atoms with Crippen LogP contribution in [0.4, 0.5) is 0 Å². The molecule has 0 aromatic rings. The Labute approximate surface area is 393 Å². The first kappa shape index (κ1) is 62.2. The largest absolute Gasteiger partial charge is 0.353 e. The van der Waals surface area contributed by atoms with Gasteiger partial charge in [0.15, 0.2) is 25.2 Å². The average Bonchev–Trinajstić information content (AvgIpc) is 3.29. The molecule has 0 N–H and O–H groups in total. The van der Waals surface area contributed by atoms with Crippen molar-refractivity contribution in [3.8, 4) is 0 Å². The van der Waals surface area contributed by atoms with Crippen LogP contribution in [0.2, 0.25) is 0 Å². The lowest BCUT2D eigenvalue weighted by Crippen LogP contribution is -2.25. The number of rotatable bonds is 54. The van der Waals surface area contributed by atoms with Gasteiger partial charge >= 0.3 is 0 Å². The highest BCUT2D eigenvalue weighted by Gasteiger charge is 2.16. The molecule has 376 valence electrons. The van der Waals surface area contributed by atoms with Gasteiger partial charge in [0.2, 0.25) is 0 Å². The Morgan fingerprint density at radius 2 is 0.492 bits per heavy atom. The molecule has 0 rings (SSSR count). The zero-order valence-electron chi connectivity index (χ0n) is 43.2. The van der Waals surface area contributed by atoms with E-state index in [1.165, 1.54) is 167 Å².